The molecule has 0 fully saturated rings. The Morgan fingerprint density at radius 2 is 2.29 bits per heavy atom. The van der Waals surface area contributed by atoms with Gasteiger partial charge in [-0.25, -0.2) is 0 Å². The van der Waals surface area contributed by atoms with E-state index in [0.29, 0.717) is 13.0 Å². The summed E-state index contributed by atoms with van der Waals surface area (Å²) in [5.74, 6) is -0.786. The minimum Gasteiger partial charge on any atom is -0.480 e. The Kier molecular flexibility index (Phi) is 5.15. The quantitative estimate of drug-likeness (QED) is 0.757. The SMILES string of the molecule is CCCC(NCc1cc(C)nn1CC)C(=O)O. The standard InChI is InChI=1S/C12H21N3O2/c1-4-6-11(12(16)17)13-8-10-7-9(3)14-15(10)5-2/h7,11,13H,4-6,8H2,1-3H3,(H,16,17). The van der Waals surface area contributed by atoms with Crippen molar-refractivity contribution in [2.75, 3.05) is 0 Å². The number of aromatic nitrogens is 2. The molecule has 0 aliphatic rings. The zero-order valence-corrected chi connectivity index (χ0v) is 10.7. The molecule has 17 heavy (non-hydrogen) atoms. The highest BCUT2D eigenvalue weighted by atomic mass is 16.4. The van der Waals surface area contributed by atoms with Crippen molar-refractivity contribution in [1.82, 2.24) is 15.1 Å². The molecule has 0 aliphatic heterocycles. The Morgan fingerprint density at radius 3 is 2.82 bits per heavy atom. The lowest BCUT2D eigenvalue weighted by Crippen LogP contribution is -2.36. The molecule has 0 radical (unpaired) electrons. The zero-order chi connectivity index (χ0) is 12.8. The summed E-state index contributed by atoms with van der Waals surface area (Å²) in [5.41, 5.74) is 2.00. The molecule has 2 N–H and O–H groups in total. The van der Waals surface area contributed by atoms with Gasteiger partial charge < -0.3 is 5.11 Å². The zero-order valence-electron chi connectivity index (χ0n) is 10.7. The lowest BCUT2D eigenvalue weighted by molar-refractivity contribution is -0.139. The topological polar surface area (TPSA) is 67.2 Å². The predicted molar refractivity (Wildman–Crippen MR) is 65.8 cm³/mol. The molecule has 1 heterocycles. The number of hydrogen-bond donors (Lipinski definition) is 2. The summed E-state index contributed by atoms with van der Waals surface area (Å²) in [6.45, 7) is 7.30. The maximum atomic E-state index is 11.0. The van der Waals surface area contributed by atoms with Crippen LogP contribution in [0.1, 0.15) is 38.1 Å². The van der Waals surface area contributed by atoms with Gasteiger partial charge in [-0.1, -0.05) is 13.3 Å². The molecule has 0 saturated heterocycles. The fourth-order valence-corrected chi connectivity index (χ4v) is 1.84. The van der Waals surface area contributed by atoms with Crippen LogP contribution in [0.25, 0.3) is 0 Å². The normalized spacial score (nSPS) is 12.6. The van der Waals surface area contributed by atoms with E-state index < -0.39 is 12.0 Å². The van der Waals surface area contributed by atoms with Gasteiger partial charge in [0.1, 0.15) is 6.04 Å². The van der Waals surface area contributed by atoms with Crippen molar-refractivity contribution in [3.05, 3.63) is 17.5 Å². The van der Waals surface area contributed by atoms with E-state index in [4.69, 9.17) is 5.11 Å². The molecule has 0 spiro atoms. The van der Waals surface area contributed by atoms with Crippen molar-refractivity contribution in [1.29, 1.82) is 0 Å². The summed E-state index contributed by atoms with van der Waals surface area (Å²) in [4.78, 5) is 11.0. The van der Waals surface area contributed by atoms with Gasteiger partial charge in [0.2, 0.25) is 0 Å². The maximum absolute atomic E-state index is 11.0. The third-order valence-electron chi connectivity index (χ3n) is 2.69. The third kappa shape index (κ3) is 3.85. The second kappa shape index (κ2) is 6.39. The number of carbonyl (C=O) groups is 1. The average molecular weight is 239 g/mol. The number of aliphatic carboxylic acids is 1. The van der Waals surface area contributed by atoms with Gasteiger partial charge in [0.05, 0.1) is 11.4 Å². The van der Waals surface area contributed by atoms with Gasteiger partial charge in [-0.15, -0.1) is 0 Å². The van der Waals surface area contributed by atoms with Crippen molar-refractivity contribution in [2.24, 2.45) is 0 Å². The number of carboxylic acids is 1. The van der Waals surface area contributed by atoms with Gasteiger partial charge in [0, 0.05) is 13.1 Å². The van der Waals surface area contributed by atoms with Crippen LogP contribution >= 0.6 is 0 Å². The first-order valence-electron chi connectivity index (χ1n) is 6.08. The molecule has 1 aromatic rings. The third-order valence-corrected chi connectivity index (χ3v) is 2.69. The van der Waals surface area contributed by atoms with E-state index >= 15 is 0 Å². The Bertz CT molecular complexity index is 374. The molecule has 1 aromatic heterocycles. The Balaban J connectivity index is 2.61. The van der Waals surface area contributed by atoms with Crippen molar-refractivity contribution in [3.8, 4) is 0 Å². The molecular formula is C12H21N3O2. The average Bonchev–Trinajstić information content (AvgIpc) is 2.64. The van der Waals surface area contributed by atoms with Gasteiger partial charge in [-0.05, 0) is 26.3 Å². The second-order valence-electron chi connectivity index (χ2n) is 4.15. The van der Waals surface area contributed by atoms with E-state index in [-0.39, 0.29) is 0 Å². The van der Waals surface area contributed by atoms with Crippen LogP contribution in [0.4, 0.5) is 0 Å². The van der Waals surface area contributed by atoms with Crippen LogP contribution in [-0.4, -0.2) is 26.9 Å². The molecule has 0 aliphatic carbocycles. The van der Waals surface area contributed by atoms with Crippen LogP contribution in [0.5, 0.6) is 0 Å². The molecule has 0 saturated carbocycles. The molecule has 5 nitrogen and oxygen atoms in total. The van der Waals surface area contributed by atoms with E-state index in [9.17, 15) is 4.79 Å². The fourth-order valence-electron chi connectivity index (χ4n) is 1.84. The minimum atomic E-state index is -0.786. The number of aryl methyl sites for hydroxylation is 2. The van der Waals surface area contributed by atoms with Gasteiger partial charge >= 0.3 is 5.97 Å². The van der Waals surface area contributed by atoms with Gasteiger partial charge in [-0.3, -0.25) is 14.8 Å². The fraction of sp³-hybridized carbons (Fsp3) is 0.667. The van der Waals surface area contributed by atoms with Crippen molar-refractivity contribution in [3.63, 3.8) is 0 Å². The number of nitrogens with one attached hydrogen (secondary N) is 1. The highest BCUT2D eigenvalue weighted by molar-refractivity contribution is 5.73. The van der Waals surface area contributed by atoms with Gasteiger partial charge in [0.25, 0.3) is 0 Å². The summed E-state index contributed by atoms with van der Waals surface area (Å²) >= 11 is 0. The summed E-state index contributed by atoms with van der Waals surface area (Å²) in [6, 6.07) is 1.52. The molecule has 0 bridgehead atoms. The molecule has 0 aromatic carbocycles. The maximum Gasteiger partial charge on any atom is 0.320 e. The van der Waals surface area contributed by atoms with Crippen molar-refractivity contribution >= 4 is 5.97 Å². The van der Waals surface area contributed by atoms with Crippen molar-refractivity contribution in [2.45, 2.75) is 52.7 Å². The van der Waals surface area contributed by atoms with E-state index in [0.717, 1.165) is 24.4 Å². The Morgan fingerprint density at radius 1 is 1.59 bits per heavy atom. The minimum absolute atomic E-state index is 0.472. The van der Waals surface area contributed by atoms with Crippen LogP contribution in [0, 0.1) is 6.92 Å². The molecule has 1 atom stereocenters. The lowest BCUT2D eigenvalue weighted by Gasteiger charge is -2.13. The Labute approximate surface area is 102 Å². The van der Waals surface area contributed by atoms with E-state index in [1.54, 1.807) is 0 Å². The number of hydrogen-bond acceptors (Lipinski definition) is 3. The highest BCUT2D eigenvalue weighted by Gasteiger charge is 2.16. The van der Waals surface area contributed by atoms with Crippen LogP contribution in [0.15, 0.2) is 6.07 Å². The van der Waals surface area contributed by atoms with E-state index in [1.165, 1.54) is 0 Å². The van der Waals surface area contributed by atoms with Crippen LogP contribution < -0.4 is 5.32 Å². The van der Waals surface area contributed by atoms with Crippen LogP contribution in [-0.2, 0) is 17.9 Å². The number of rotatable bonds is 7. The molecule has 0 amide bonds. The molecular weight excluding hydrogens is 218 g/mol. The smallest absolute Gasteiger partial charge is 0.320 e. The first-order valence-corrected chi connectivity index (χ1v) is 6.08. The summed E-state index contributed by atoms with van der Waals surface area (Å²) in [7, 11) is 0. The second-order valence-corrected chi connectivity index (χ2v) is 4.15. The molecule has 5 heteroatoms. The summed E-state index contributed by atoms with van der Waals surface area (Å²) < 4.78 is 1.90. The largest absolute Gasteiger partial charge is 0.480 e. The molecule has 1 rings (SSSR count). The van der Waals surface area contributed by atoms with Gasteiger partial charge in [-0.2, -0.15) is 5.10 Å². The van der Waals surface area contributed by atoms with Crippen LogP contribution in [0.2, 0.25) is 0 Å². The van der Waals surface area contributed by atoms with Crippen molar-refractivity contribution < 1.29 is 9.90 Å². The van der Waals surface area contributed by atoms with E-state index in [1.807, 2.05) is 31.5 Å². The summed E-state index contributed by atoms with van der Waals surface area (Å²) in [5, 5.41) is 16.4. The number of nitrogens with zero attached hydrogens (tertiary/aromatic N) is 2. The first kappa shape index (κ1) is 13.7. The number of carboxylic acid groups (broad SMARTS) is 1. The highest BCUT2D eigenvalue weighted by Crippen LogP contribution is 2.05. The molecule has 1 unspecified atom stereocenters. The lowest BCUT2D eigenvalue weighted by atomic mass is 10.1. The first-order chi connectivity index (χ1) is 8.08. The van der Waals surface area contributed by atoms with Gasteiger partial charge in [0.15, 0.2) is 0 Å². The predicted octanol–water partition coefficient (Wildman–Crippen LogP) is 1.55. The summed E-state index contributed by atoms with van der Waals surface area (Å²) in [6.07, 6.45) is 1.50. The Hall–Kier alpha value is -1.36. The monoisotopic (exact) mass is 239 g/mol. The van der Waals surface area contributed by atoms with Crippen LogP contribution in [0.3, 0.4) is 0 Å². The molecule has 96 valence electrons. The van der Waals surface area contributed by atoms with E-state index in [2.05, 4.69) is 10.4 Å².